The van der Waals surface area contributed by atoms with Gasteiger partial charge in [0.25, 0.3) is 11.8 Å². The van der Waals surface area contributed by atoms with Crippen LogP contribution in [0.5, 0.6) is 5.75 Å². The van der Waals surface area contributed by atoms with E-state index in [1.54, 1.807) is 29.2 Å². The Balaban J connectivity index is 1.28. The van der Waals surface area contributed by atoms with Crippen LogP contribution < -0.4 is 4.74 Å². The third-order valence-electron chi connectivity index (χ3n) is 5.44. The van der Waals surface area contributed by atoms with Crippen molar-refractivity contribution >= 4 is 23.5 Å². The third kappa shape index (κ3) is 5.51. The van der Waals surface area contributed by atoms with Gasteiger partial charge in [-0.05, 0) is 56.2 Å². The van der Waals surface area contributed by atoms with Crippen molar-refractivity contribution in [1.82, 2.24) is 15.0 Å². The summed E-state index contributed by atoms with van der Waals surface area (Å²) in [7, 11) is 0. The molecular weight excluding hydrogens is 446 g/mol. The molecule has 0 saturated carbocycles. The summed E-state index contributed by atoms with van der Waals surface area (Å²) < 4.78 is 16.2. The van der Waals surface area contributed by atoms with E-state index in [-0.39, 0.29) is 30.3 Å². The number of piperidine rings is 1. The predicted octanol–water partition coefficient (Wildman–Crippen LogP) is 4.38. The van der Waals surface area contributed by atoms with Crippen molar-refractivity contribution in [3.05, 3.63) is 65.0 Å². The molecule has 33 heavy (non-hydrogen) atoms. The van der Waals surface area contributed by atoms with Gasteiger partial charge in [0, 0.05) is 23.7 Å². The fraction of sp³-hybridized carbons (Fsp3) is 0.333. The average molecular weight is 470 g/mol. The van der Waals surface area contributed by atoms with Gasteiger partial charge in [0.05, 0.1) is 18.1 Å². The predicted molar refractivity (Wildman–Crippen MR) is 121 cm³/mol. The number of likely N-dealkylation sites (tertiary alicyclic amines) is 1. The number of halogens is 1. The molecule has 1 amide bonds. The van der Waals surface area contributed by atoms with Gasteiger partial charge >= 0.3 is 5.97 Å². The van der Waals surface area contributed by atoms with Gasteiger partial charge in [0.15, 0.2) is 6.61 Å². The maximum Gasteiger partial charge on any atom is 0.309 e. The number of esters is 1. The van der Waals surface area contributed by atoms with Crippen molar-refractivity contribution in [2.24, 2.45) is 5.92 Å². The molecule has 9 heteroatoms. The molecule has 172 valence electrons. The normalized spacial score (nSPS) is 14.2. The van der Waals surface area contributed by atoms with E-state index in [1.807, 2.05) is 31.2 Å². The smallest absolute Gasteiger partial charge is 0.309 e. The van der Waals surface area contributed by atoms with Crippen LogP contribution in [0.2, 0.25) is 5.02 Å². The van der Waals surface area contributed by atoms with Gasteiger partial charge in [-0.1, -0.05) is 28.9 Å². The van der Waals surface area contributed by atoms with Crippen LogP contribution in [0.3, 0.4) is 0 Å². The maximum atomic E-state index is 12.6. The van der Waals surface area contributed by atoms with Crippen LogP contribution in [0.25, 0.3) is 11.4 Å². The number of carbonyl (C=O) groups is 2. The molecule has 3 aromatic rings. The van der Waals surface area contributed by atoms with E-state index >= 15 is 0 Å². The van der Waals surface area contributed by atoms with E-state index in [1.165, 1.54) is 0 Å². The molecule has 1 aliphatic rings. The summed E-state index contributed by atoms with van der Waals surface area (Å²) in [5, 5.41) is 4.56. The van der Waals surface area contributed by atoms with Crippen LogP contribution in [-0.2, 0) is 16.1 Å². The first kappa shape index (κ1) is 22.8. The largest absolute Gasteiger partial charge is 0.493 e. The molecule has 0 bridgehead atoms. The summed E-state index contributed by atoms with van der Waals surface area (Å²) >= 11 is 5.89. The highest BCUT2D eigenvalue weighted by molar-refractivity contribution is 6.30. The van der Waals surface area contributed by atoms with E-state index in [2.05, 4.69) is 10.1 Å². The quantitative estimate of drug-likeness (QED) is 0.474. The van der Waals surface area contributed by atoms with Gasteiger partial charge in [-0.2, -0.15) is 4.98 Å². The first-order valence-corrected chi connectivity index (χ1v) is 11.2. The van der Waals surface area contributed by atoms with Crippen molar-refractivity contribution in [2.75, 3.05) is 19.7 Å². The highest BCUT2D eigenvalue weighted by Crippen LogP contribution is 2.28. The Morgan fingerprint density at radius 3 is 2.58 bits per heavy atom. The lowest BCUT2D eigenvalue weighted by molar-refractivity contribution is -0.152. The van der Waals surface area contributed by atoms with Crippen molar-refractivity contribution in [3.8, 4) is 17.1 Å². The minimum atomic E-state index is -0.331. The summed E-state index contributed by atoms with van der Waals surface area (Å²) in [6.45, 7) is 3.28. The first-order valence-electron chi connectivity index (χ1n) is 10.8. The van der Waals surface area contributed by atoms with Crippen LogP contribution in [0, 0.1) is 5.92 Å². The van der Waals surface area contributed by atoms with Crippen molar-refractivity contribution in [1.29, 1.82) is 0 Å². The van der Waals surface area contributed by atoms with Gasteiger partial charge in [-0.3, -0.25) is 9.59 Å². The molecule has 0 spiro atoms. The number of carbonyl (C=O) groups excluding carboxylic acids is 2. The second-order valence-corrected chi connectivity index (χ2v) is 8.06. The zero-order chi connectivity index (χ0) is 23.2. The Hall–Kier alpha value is -3.39. The lowest BCUT2D eigenvalue weighted by Gasteiger charge is -2.30. The minimum Gasteiger partial charge on any atom is -0.493 e. The monoisotopic (exact) mass is 469 g/mol. The molecular formula is C24H24ClN3O5. The van der Waals surface area contributed by atoms with Crippen LogP contribution in [-0.4, -0.2) is 46.6 Å². The van der Waals surface area contributed by atoms with E-state index in [0.29, 0.717) is 60.3 Å². The van der Waals surface area contributed by atoms with Crippen LogP contribution in [0.4, 0.5) is 0 Å². The van der Waals surface area contributed by atoms with Gasteiger partial charge in [-0.25, -0.2) is 0 Å². The molecule has 1 saturated heterocycles. The first-order chi connectivity index (χ1) is 16.0. The van der Waals surface area contributed by atoms with Gasteiger partial charge in [0.2, 0.25) is 5.82 Å². The van der Waals surface area contributed by atoms with Crippen LogP contribution in [0.15, 0.2) is 53.1 Å². The zero-order valence-corrected chi connectivity index (χ0v) is 19.0. The number of para-hydroxylation sites is 1. The Labute approximate surface area is 196 Å². The molecule has 4 rings (SSSR count). The van der Waals surface area contributed by atoms with Crippen molar-refractivity contribution < 1.29 is 23.6 Å². The van der Waals surface area contributed by atoms with Crippen LogP contribution in [0.1, 0.15) is 36.0 Å². The molecule has 0 N–H and O–H groups in total. The van der Waals surface area contributed by atoms with Crippen LogP contribution >= 0.6 is 11.6 Å². The molecule has 0 aliphatic carbocycles. The number of rotatable bonds is 7. The molecule has 0 atom stereocenters. The standard InChI is InChI=1S/C24H24ClN3O5/c1-2-31-20-6-4-3-5-19(20)22-26-21(33-27-22)15-32-24(30)17-11-13-28(14-12-17)23(29)16-7-9-18(25)10-8-16/h3-10,17H,2,11-15H2,1H3. The third-order valence-corrected chi connectivity index (χ3v) is 5.69. The Kier molecular flexibility index (Phi) is 7.24. The lowest BCUT2D eigenvalue weighted by Crippen LogP contribution is -2.40. The van der Waals surface area contributed by atoms with E-state index < -0.39 is 0 Å². The number of amides is 1. The minimum absolute atomic E-state index is 0.0655. The topological polar surface area (TPSA) is 94.8 Å². The number of ether oxygens (including phenoxy) is 2. The average Bonchev–Trinajstić information content (AvgIpc) is 3.32. The molecule has 1 aromatic heterocycles. The molecule has 2 heterocycles. The number of hydrogen-bond acceptors (Lipinski definition) is 7. The van der Waals surface area contributed by atoms with E-state index in [4.69, 9.17) is 25.6 Å². The lowest BCUT2D eigenvalue weighted by atomic mass is 9.96. The number of hydrogen-bond donors (Lipinski definition) is 0. The van der Waals surface area contributed by atoms with Crippen molar-refractivity contribution in [3.63, 3.8) is 0 Å². The fourth-order valence-electron chi connectivity index (χ4n) is 3.70. The molecule has 1 aliphatic heterocycles. The fourth-order valence-corrected chi connectivity index (χ4v) is 3.83. The van der Waals surface area contributed by atoms with Gasteiger partial charge in [0.1, 0.15) is 5.75 Å². The Morgan fingerprint density at radius 2 is 1.85 bits per heavy atom. The Bertz CT molecular complexity index is 1110. The number of aromatic nitrogens is 2. The summed E-state index contributed by atoms with van der Waals surface area (Å²) in [4.78, 5) is 31.2. The highest BCUT2D eigenvalue weighted by atomic mass is 35.5. The second-order valence-electron chi connectivity index (χ2n) is 7.62. The molecule has 0 unspecified atom stereocenters. The molecule has 2 aromatic carbocycles. The SMILES string of the molecule is CCOc1ccccc1-c1noc(COC(=O)C2CCN(C(=O)c3ccc(Cl)cc3)CC2)n1. The summed E-state index contributed by atoms with van der Waals surface area (Å²) in [5.41, 5.74) is 1.29. The molecule has 1 fully saturated rings. The number of benzene rings is 2. The molecule has 0 radical (unpaired) electrons. The van der Waals surface area contributed by atoms with Crippen molar-refractivity contribution in [2.45, 2.75) is 26.4 Å². The summed E-state index contributed by atoms with van der Waals surface area (Å²) in [5.74, 6) is 0.566. The van der Waals surface area contributed by atoms with Gasteiger partial charge < -0.3 is 18.9 Å². The zero-order valence-electron chi connectivity index (χ0n) is 18.2. The summed E-state index contributed by atoms with van der Waals surface area (Å²) in [6.07, 6.45) is 1.07. The van der Waals surface area contributed by atoms with E-state index in [9.17, 15) is 9.59 Å². The highest BCUT2D eigenvalue weighted by Gasteiger charge is 2.29. The van der Waals surface area contributed by atoms with E-state index in [0.717, 1.165) is 0 Å². The number of nitrogens with zero attached hydrogens (tertiary/aromatic N) is 3. The van der Waals surface area contributed by atoms with Gasteiger partial charge in [-0.15, -0.1) is 0 Å². The summed E-state index contributed by atoms with van der Waals surface area (Å²) in [6, 6.07) is 14.2. The molecule has 8 nitrogen and oxygen atoms in total. The maximum absolute atomic E-state index is 12.6. The Morgan fingerprint density at radius 1 is 1.12 bits per heavy atom. The second kappa shape index (κ2) is 10.5.